The van der Waals surface area contributed by atoms with Gasteiger partial charge in [-0.3, -0.25) is 4.79 Å². The largest absolute Gasteiger partial charge is 0.492 e. The molecule has 1 rings (SSSR count). The van der Waals surface area contributed by atoms with Crippen LogP contribution in [-0.4, -0.2) is 69.1 Å². The summed E-state index contributed by atoms with van der Waals surface area (Å²) in [6.45, 7) is 2.05. The molecule has 0 aromatic heterocycles. The molecule has 1 amide bonds. The molecule has 0 fully saturated rings. The number of amides is 1. The molecule has 0 heterocycles. The first-order valence-corrected chi connectivity index (χ1v) is 8.92. The predicted molar refractivity (Wildman–Crippen MR) is 113 cm³/mol. The molecule has 0 aliphatic carbocycles. The molecule has 0 radical (unpaired) electrons. The normalized spacial score (nSPS) is 10.5. The summed E-state index contributed by atoms with van der Waals surface area (Å²) in [6, 6.07) is 9.66. The van der Waals surface area contributed by atoms with Gasteiger partial charge in [-0.25, -0.2) is 4.99 Å². The molecule has 0 saturated carbocycles. The number of nitrogens with one attached hydrogen (secondary N) is 2. The van der Waals surface area contributed by atoms with Gasteiger partial charge in [0.1, 0.15) is 18.9 Å². The minimum absolute atomic E-state index is 0. The van der Waals surface area contributed by atoms with Crippen LogP contribution in [0.4, 0.5) is 0 Å². The van der Waals surface area contributed by atoms with Crippen LogP contribution in [0, 0.1) is 0 Å². The van der Waals surface area contributed by atoms with E-state index in [0.717, 1.165) is 18.0 Å². The average molecular weight is 466 g/mol. The van der Waals surface area contributed by atoms with Gasteiger partial charge in [0.2, 0.25) is 5.91 Å². The molecule has 0 unspecified atom stereocenters. The fourth-order valence-corrected chi connectivity index (χ4v) is 1.90. The number of benzene rings is 1. The predicted octanol–water partition coefficient (Wildman–Crippen LogP) is 1.67. The highest BCUT2D eigenvalue weighted by Crippen LogP contribution is 2.07. The van der Waals surface area contributed by atoms with Crippen molar-refractivity contribution < 1.29 is 9.53 Å². The highest BCUT2D eigenvalue weighted by atomic mass is 127. The highest BCUT2D eigenvalue weighted by Gasteiger charge is 2.04. The van der Waals surface area contributed by atoms with E-state index in [9.17, 15) is 4.79 Å². The number of ether oxygens (including phenoxy) is 1. The Labute approximate surface area is 165 Å². The van der Waals surface area contributed by atoms with Crippen LogP contribution in [0.5, 0.6) is 5.75 Å². The number of para-hydroxylation sites is 1. The van der Waals surface area contributed by atoms with E-state index < -0.39 is 0 Å². The summed E-state index contributed by atoms with van der Waals surface area (Å²) in [6.07, 6.45) is 2.05. The number of guanidine groups is 1. The molecule has 0 saturated heterocycles. The number of rotatable bonds is 9. The number of nitrogens with zero attached hydrogens (tertiary/aromatic N) is 2. The Morgan fingerprint density at radius 3 is 2.50 bits per heavy atom. The third-order valence-electron chi connectivity index (χ3n) is 2.88. The van der Waals surface area contributed by atoms with Gasteiger partial charge in [-0.05, 0) is 18.4 Å². The van der Waals surface area contributed by atoms with Crippen molar-refractivity contribution in [3.05, 3.63) is 30.3 Å². The number of hydrogen-bond acceptors (Lipinski definition) is 4. The number of likely N-dealkylation sites (N-methyl/N-ethyl adjacent to an activating group) is 1. The van der Waals surface area contributed by atoms with E-state index in [1.807, 2.05) is 30.3 Å². The van der Waals surface area contributed by atoms with Gasteiger partial charge in [0, 0.05) is 26.4 Å². The Balaban J connectivity index is 0.00000529. The number of halogens is 1. The third-order valence-corrected chi connectivity index (χ3v) is 3.49. The second-order valence-corrected chi connectivity index (χ2v) is 5.95. The van der Waals surface area contributed by atoms with Crippen LogP contribution < -0.4 is 15.4 Å². The maximum Gasteiger partial charge on any atom is 0.243 e. The second kappa shape index (κ2) is 14.2. The van der Waals surface area contributed by atoms with Gasteiger partial charge < -0.3 is 20.3 Å². The zero-order chi connectivity index (χ0) is 16.9. The van der Waals surface area contributed by atoms with E-state index in [0.29, 0.717) is 19.1 Å². The van der Waals surface area contributed by atoms with E-state index in [2.05, 4.69) is 21.9 Å². The van der Waals surface area contributed by atoms with E-state index in [1.165, 1.54) is 4.90 Å². The lowest BCUT2D eigenvalue weighted by Crippen LogP contribution is -2.41. The summed E-state index contributed by atoms with van der Waals surface area (Å²) < 4.78 is 5.62. The molecule has 1 aromatic carbocycles. The molecular weight excluding hydrogens is 439 g/mol. The van der Waals surface area contributed by atoms with Gasteiger partial charge in [0.15, 0.2) is 5.96 Å². The fourth-order valence-electron chi connectivity index (χ4n) is 1.59. The van der Waals surface area contributed by atoms with E-state index in [4.69, 9.17) is 4.74 Å². The molecule has 0 aliphatic rings. The first kappa shape index (κ1) is 22.8. The number of carbonyl (C=O) groups is 1. The monoisotopic (exact) mass is 466 g/mol. The van der Waals surface area contributed by atoms with Gasteiger partial charge in [-0.15, -0.1) is 24.0 Å². The summed E-state index contributed by atoms with van der Waals surface area (Å²) in [7, 11) is 3.44. The number of aliphatic imine (C=N–C) groups is 1. The van der Waals surface area contributed by atoms with Crippen LogP contribution in [0.1, 0.15) is 0 Å². The Morgan fingerprint density at radius 1 is 1.21 bits per heavy atom. The summed E-state index contributed by atoms with van der Waals surface area (Å²) in [5.41, 5.74) is 0. The first-order chi connectivity index (χ1) is 11.1. The minimum atomic E-state index is -0.0310. The molecule has 1 aromatic rings. The zero-order valence-electron chi connectivity index (χ0n) is 14.4. The van der Waals surface area contributed by atoms with Crippen LogP contribution in [0.2, 0.25) is 0 Å². The van der Waals surface area contributed by atoms with Gasteiger partial charge in [0.25, 0.3) is 0 Å². The summed E-state index contributed by atoms with van der Waals surface area (Å²) >= 11 is 1.75. The van der Waals surface area contributed by atoms with Gasteiger partial charge in [-0.1, -0.05) is 18.2 Å². The topological polar surface area (TPSA) is 66.0 Å². The van der Waals surface area contributed by atoms with Crippen LogP contribution in [0.25, 0.3) is 0 Å². The van der Waals surface area contributed by atoms with Crippen LogP contribution in [-0.2, 0) is 4.79 Å². The fraction of sp³-hybridized carbons (Fsp3) is 0.500. The van der Waals surface area contributed by atoms with Crippen molar-refractivity contribution >= 4 is 47.6 Å². The van der Waals surface area contributed by atoms with Crippen molar-refractivity contribution in [2.75, 3.05) is 52.3 Å². The Morgan fingerprint density at radius 2 is 1.88 bits per heavy atom. The Bertz CT molecular complexity index is 486. The maximum atomic E-state index is 11.6. The summed E-state index contributed by atoms with van der Waals surface area (Å²) in [4.78, 5) is 17.5. The van der Waals surface area contributed by atoms with Crippen molar-refractivity contribution in [1.29, 1.82) is 0 Å². The lowest BCUT2D eigenvalue weighted by Gasteiger charge is -2.14. The molecule has 24 heavy (non-hydrogen) atoms. The number of hydrogen-bond donors (Lipinski definition) is 2. The Hall–Kier alpha value is -1.16. The average Bonchev–Trinajstić information content (AvgIpc) is 2.56. The van der Waals surface area contributed by atoms with E-state index in [1.54, 1.807) is 25.9 Å². The molecule has 2 N–H and O–H groups in total. The number of carbonyl (C=O) groups excluding carboxylic acids is 1. The molecule has 0 atom stereocenters. The minimum Gasteiger partial charge on any atom is -0.492 e. The Kier molecular flexibility index (Phi) is 13.5. The standard InChI is InChI=1S/C16H26N4O2S.HI/c1-20(2)15(21)13-19-16(18-10-12-23-3)17-9-11-22-14-7-5-4-6-8-14;/h4-8H,9-13H2,1-3H3,(H2,17,18,19);1H. The van der Waals surface area contributed by atoms with Crippen molar-refractivity contribution in [3.8, 4) is 5.75 Å². The van der Waals surface area contributed by atoms with Crippen LogP contribution in [0.3, 0.4) is 0 Å². The van der Waals surface area contributed by atoms with Crippen molar-refractivity contribution in [2.24, 2.45) is 4.99 Å². The molecule has 0 spiro atoms. The van der Waals surface area contributed by atoms with Gasteiger partial charge in [-0.2, -0.15) is 11.8 Å². The highest BCUT2D eigenvalue weighted by molar-refractivity contribution is 14.0. The maximum absolute atomic E-state index is 11.6. The smallest absolute Gasteiger partial charge is 0.243 e. The first-order valence-electron chi connectivity index (χ1n) is 7.52. The molecule has 8 heteroatoms. The van der Waals surface area contributed by atoms with Crippen molar-refractivity contribution in [1.82, 2.24) is 15.5 Å². The molecule has 6 nitrogen and oxygen atoms in total. The quantitative estimate of drug-likeness (QED) is 0.251. The third kappa shape index (κ3) is 10.6. The van der Waals surface area contributed by atoms with Gasteiger partial charge >= 0.3 is 0 Å². The summed E-state index contributed by atoms with van der Waals surface area (Å²) in [5.74, 6) is 2.41. The summed E-state index contributed by atoms with van der Waals surface area (Å²) in [5, 5.41) is 6.38. The lowest BCUT2D eigenvalue weighted by molar-refractivity contribution is -0.127. The van der Waals surface area contributed by atoms with Crippen molar-refractivity contribution in [3.63, 3.8) is 0 Å². The molecule has 136 valence electrons. The second-order valence-electron chi connectivity index (χ2n) is 4.96. The van der Waals surface area contributed by atoms with E-state index >= 15 is 0 Å². The van der Waals surface area contributed by atoms with Crippen LogP contribution in [0.15, 0.2) is 35.3 Å². The van der Waals surface area contributed by atoms with E-state index in [-0.39, 0.29) is 36.4 Å². The number of thioether (sulfide) groups is 1. The zero-order valence-corrected chi connectivity index (χ0v) is 17.6. The molecular formula is C16H27IN4O2S. The van der Waals surface area contributed by atoms with Gasteiger partial charge in [0.05, 0.1) is 6.54 Å². The molecule has 0 bridgehead atoms. The molecule has 0 aliphatic heterocycles. The van der Waals surface area contributed by atoms with Crippen molar-refractivity contribution in [2.45, 2.75) is 0 Å². The van der Waals surface area contributed by atoms with Crippen LogP contribution >= 0.6 is 35.7 Å². The lowest BCUT2D eigenvalue weighted by atomic mass is 10.3. The SMILES string of the molecule is CSCCNC(=NCC(=O)N(C)C)NCCOc1ccccc1.I.